The minimum atomic E-state index is -1.64. The van der Waals surface area contributed by atoms with Gasteiger partial charge in [0.2, 0.25) is 0 Å². The Hall–Kier alpha value is -4.83. The second kappa shape index (κ2) is 67.1. The number of carbonyl (C=O) groups is 3. The Labute approximate surface area is 534 Å². The first kappa shape index (κ1) is 82.2. The molecule has 9 heteroatoms. The molecular weight excluding hydrogens is 1080 g/mol. The van der Waals surface area contributed by atoms with Crippen molar-refractivity contribution >= 4 is 17.9 Å². The molecule has 0 radical (unpaired) electrons. The maximum absolute atomic E-state index is 12.9. The Kier molecular flexibility index (Phi) is 63.4. The van der Waals surface area contributed by atoms with Crippen LogP contribution in [0.1, 0.15) is 271 Å². The van der Waals surface area contributed by atoms with Gasteiger partial charge in [-0.2, -0.15) is 0 Å². The zero-order chi connectivity index (χ0) is 63.3. The highest BCUT2D eigenvalue weighted by atomic mass is 16.7. The molecule has 0 aromatic rings. The fraction of sp³-hybridized carbons (Fsp3) is 0.654. The second-order valence-corrected chi connectivity index (χ2v) is 24.1. The molecule has 9 nitrogen and oxygen atoms in total. The number of esters is 2. The number of carboxylic acid groups (broad SMARTS) is 1. The van der Waals surface area contributed by atoms with Gasteiger partial charge in [0.1, 0.15) is 13.2 Å². The Morgan fingerprint density at radius 1 is 0.356 bits per heavy atom. The van der Waals surface area contributed by atoms with Crippen molar-refractivity contribution in [2.24, 2.45) is 0 Å². The molecule has 494 valence electrons. The summed E-state index contributed by atoms with van der Waals surface area (Å²) >= 11 is 0. The van der Waals surface area contributed by atoms with Crippen LogP contribution in [0.25, 0.3) is 0 Å². The third-order valence-corrected chi connectivity index (χ3v) is 14.6. The standard InChI is InChI=1S/C78H129NO8/c1-6-8-10-12-14-16-18-20-22-24-26-28-30-32-33-34-35-36-37-38-39-40-41-42-43-45-47-49-51-53-55-57-59-61-63-65-67-69-76(81)87-74(73-86-78(77(82)83)84-71-70-79(3,4)5)72-85-75(80)68-66-64-62-60-58-56-54-52-50-48-46-44-31-29-27-25-23-21-19-17-15-13-11-9-7-2/h8,10,14,16,20,22,25-28,32-33,35-36,38-39,41-42,45,47,51,53,57,59,74,78H,6-7,9,11-13,15,17-19,21,23-24,29-31,34,37,40,43-44,46,48-50,52,54-56,58,60-73H2,1-5H3/b10-8-,16-14-,22-20-,27-25-,28-26-,33-32-,36-35-,39-38-,42-41-,47-45-,53-51-,59-57-. The van der Waals surface area contributed by atoms with Crippen LogP contribution >= 0.6 is 0 Å². The van der Waals surface area contributed by atoms with E-state index in [1.54, 1.807) is 0 Å². The molecule has 2 atom stereocenters. The number of likely N-dealkylation sites (N-methyl/N-ethyl adjacent to an activating group) is 1. The highest BCUT2D eigenvalue weighted by molar-refractivity contribution is 5.70. The largest absolute Gasteiger partial charge is 0.545 e. The summed E-state index contributed by atoms with van der Waals surface area (Å²) in [5, 5.41) is 11.8. The maximum atomic E-state index is 12.9. The summed E-state index contributed by atoms with van der Waals surface area (Å²) in [5.74, 6) is -2.34. The highest BCUT2D eigenvalue weighted by Crippen LogP contribution is 2.16. The van der Waals surface area contributed by atoms with Crippen LogP contribution in [0.5, 0.6) is 0 Å². The van der Waals surface area contributed by atoms with Crippen molar-refractivity contribution in [3.63, 3.8) is 0 Å². The summed E-state index contributed by atoms with van der Waals surface area (Å²) in [4.78, 5) is 37.5. The summed E-state index contributed by atoms with van der Waals surface area (Å²) < 4.78 is 22.7. The van der Waals surface area contributed by atoms with E-state index in [-0.39, 0.29) is 38.6 Å². The minimum absolute atomic E-state index is 0.134. The number of rotatable bonds is 63. The van der Waals surface area contributed by atoms with Crippen LogP contribution in [0.3, 0.4) is 0 Å². The number of hydrogen-bond donors (Lipinski definition) is 0. The third-order valence-electron chi connectivity index (χ3n) is 14.6. The van der Waals surface area contributed by atoms with E-state index in [4.69, 9.17) is 18.9 Å². The van der Waals surface area contributed by atoms with Gasteiger partial charge in [0.25, 0.3) is 0 Å². The number of quaternary nitrogens is 1. The molecule has 0 aromatic carbocycles. The number of ether oxygens (including phenoxy) is 4. The molecule has 0 amide bonds. The normalized spacial score (nSPS) is 13.6. The Morgan fingerprint density at radius 2 is 0.655 bits per heavy atom. The zero-order valence-corrected chi connectivity index (χ0v) is 56.3. The Morgan fingerprint density at radius 3 is 1.00 bits per heavy atom. The zero-order valence-electron chi connectivity index (χ0n) is 56.3. The van der Waals surface area contributed by atoms with E-state index in [9.17, 15) is 19.5 Å². The van der Waals surface area contributed by atoms with Gasteiger partial charge in [0, 0.05) is 12.8 Å². The molecule has 0 rings (SSSR count). The minimum Gasteiger partial charge on any atom is -0.545 e. The van der Waals surface area contributed by atoms with Gasteiger partial charge in [0.15, 0.2) is 12.4 Å². The summed E-state index contributed by atoms with van der Waals surface area (Å²) in [6, 6.07) is 0. The third kappa shape index (κ3) is 68.5. The topological polar surface area (TPSA) is 111 Å². The molecule has 0 aliphatic rings. The first-order chi connectivity index (χ1) is 42.6. The molecule has 0 aliphatic carbocycles. The predicted molar refractivity (Wildman–Crippen MR) is 370 cm³/mol. The lowest BCUT2D eigenvalue weighted by Gasteiger charge is -2.26. The van der Waals surface area contributed by atoms with Gasteiger partial charge in [0.05, 0.1) is 40.3 Å². The second-order valence-electron chi connectivity index (χ2n) is 24.1. The van der Waals surface area contributed by atoms with Crippen LogP contribution < -0.4 is 5.11 Å². The number of hydrogen-bond acceptors (Lipinski definition) is 8. The van der Waals surface area contributed by atoms with Gasteiger partial charge < -0.3 is 33.3 Å². The van der Waals surface area contributed by atoms with E-state index in [1.165, 1.54) is 128 Å². The van der Waals surface area contributed by atoms with Crippen LogP contribution in [0.4, 0.5) is 0 Å². The quantitative estimate of drug-likeness (QED) is 0.0195. The van der Waals surface area contributed by atoms with Crippen molar-refractivity contribution in [2.45, 2.75) is 283 Å². The molecule has 87 heavy (non-hydrogen) atoms. The monoisotopic (exact) mass is 1210 g/mol. The van der Waals surface area contributed by atoms with E-state index in [1.807, 2.05) is 21.1 Å². The molecular formula is C78H129NO8. The Balaban J connectivity index is 4.26. The van der Waals surface area contributed by atoms with Crippen LogP contribution in [-0.4, -0.2) is 82.3 Å². The van der Waals surface area contributed by atoms with Crippen molar-refractivity contribution in [1.82, 2.24) is 0 Å². The van der Waals surface area contributed by atoms with E-state index < -0.39 is 24.3 Å². The lowest BCUT2D eigenvalue weighted by atomic mass is 10.0. The van der Waals surface area contributed by atoms with Crippen molar-refractivity contribution in [3.8, 4) is 0 Å². The lowest BCUT2D eigenvalue weighted by molar-refractivity contribution is -0.870. The summed E-state index contributed by atoms with van der Waals surface area (Å²) in [6.07, 6.45) is 95.0. The van der Waals surface area contributed by atoms with Crippen LogP contribution in [0.15, 0.2) is 146 Å². The summed E-state index contributed by atoms with van der Waals surface area (Å²) in [6.45, 7) is 4.60. The van der Waals surface area contributed by atoms with Crippen molar-refractivity contribution in [1.29, 1.82) is 0 Å². The van der Waals surface area contributed by atoms with Gasteiger partial charge in [-0.3, -0.25) is 9.59 Å². The number of allylic oxidation sites excluding steroid dienone is 24. The van der Waals surface area contributed by atoms with Gasteiger partial charge in [-0.15, -0.1) is 0 Å². The first-order valence-electron chi connectivity index (χ1n) is 35.0. The maximum Gasteiger partial charge on any atom is 0.306 e. The molecule has 0 saturated carbocycles. The number of unbranched alkanes of at least 4 members (excludes halogenated alkanes) is 24. The molecule has 0 bridgehead atoms. The van der Waals surface area contributed by atoms with Gasteiger partial charge in [-0.1, -0.05) is 282 Å². The van der Waals surface area contributed by atoms with Crippen molar-refractivity contribution in [3.05, 3.63) is 146 Å². The molecule has 0 fully saturated rings. The number of carbonyl (C=O) groups excluding carboxylic acids is 3. The van der Waals surface area contributed by atoms with Crippen LogP contribution in [0, 0.1) is 0 Å². The van der Waals surface area contributed by atoms with Crippen LogP contribution in [0.2, 0.25) is 0 Å². The summed E-state index contributed by atoms with van der Waals surface area (Å²) in [5.41, 5.74) is 0. The molecule has 0 N–H and O–H groups in total. The molecule has 0 aliphatic heterocycles. The van der Waals surface area contributed by atoms with Gasteiger partial charge in [-0.25, -0.2) is 0 Å². The van der Waals surface area contributed by atoms with E-state index in [0.29, 0.717) is 17.4 Å². The Bertz CT molecular complexity index is 1940. The van der Waals surface area contributed by atoms with Crippen LogP contribution in [-0.2, 0) is 33.3 Å². The summed E-state index contributed by atoms with van der Waals surface area (Å²) in [7, 11) is 5.91. The highest BCUT2D eigenvalue weighted by Gasteiger charge is 2.22. The van der Waals surface area contributed by atoms with Gasteiger partial charge >= 0.3 is 11.9 Å². The molecule has 0 aromatic heterocycles. The molecule has 0 spiro atoms. The SMILES string of the molecule is CC/C=C\C/C=C\C/C=C\C/C=C\C/C=C\C/C=C\C/C=C\C/C=C\C/C=C\C/C=C\C/C=C\CCCCCC(=O)OC(COC(=O)CCCCCCCCCCCCCCC/C=C\CCCCCCCCCC)COC(OCC[N+](C)(C)C)C(=O)[O-]. The average Bonchev–Trinajstić information content (AvgIpc) is 3.57. The number of aliphatic carboxylic acids is 1. The van der Waals surface area contributed by atoms with E-state index in [0.717, 1.165) is 109 Å². The predicted octanol–water partition coefficient (Wildman–Crippen LogP) is 20.6. The first-order valence-corrected chi connectivity index (χ1v) is 35.0. The number of carboxylic acids is 1. The fourth-order valence-corrected chi connectivity index (χ4v) is 9.24. The van der Waals surface area contributed by atoms with Crippen molar-refractivity contribution < 1.29 is 42.9 Å². The van der Waals surface area contributed by atoms with E-state index in [2.05, 4.69) is 160 Å². The molecule has 2 unspecified atom stereocenters. The van der Waals surface area contributed by atoms with E-state index >= 15 is 0 Å². The fourth-order valence-electron chi connectivity index (χ4n) is 9.24. The number of nitrogens with zero attached hydrogens (tertiary/aromatic N) is 1. The lowest BCUT2D eigenvalue weighted by Crippen LogP contribution is -2.44. The molecule has 0 heterocycles. The molecule has 0 saturated heterocycles. The van der Waals surface area contributed by atoms with Crippen molar-refractivity contribution in [2.75, 3.05) is 47.5 Å². The van der Waals surface area contributed by atoms with Gasteiger partial charge in [-0.05, 0) is 122 Å². The smallest absolute Gasteiger partial charge is 0.306 e. The average molecular weight is 1210 g/mol.